The molecule has 4 rings (SSSR count). The minimum Gasteiger partial charge on any atom is -0.338 e. The zero-order valence-electron chi connectivity index (χ0n) is 16.0. The highest BCUT2D eigenvalue weighted by Crippen LogP contribution is 2.27. The molecule has 1 aliphatic rings. The molecule has 2 aromatic carbocycles. The number of urea groups is 1. The van der Waals surface area contributed by atoms with Crippen molar-refractivity contribution in [1.82, 2.24) is 20.4 Å². The maximum Gasteiger partial charge on any atom is 0.319 e. The van der Waals surface area contributed by atoms with Gasteiger partial charge in [0.25, 0.3) is 0 Å². The van der Waals surface area contributed by atoms with Crippen molar-refractivity contribution < 1.29 is 14.1 Å². The zero-order valence-corrected chi connectivity index (χ0v) is 16.8. The van der Waals surface area contributed by atoms with Crippen molar-refractivity contribution in [2.45, 2.75) is 25.4 Å². The molecule has 0 spiro atoms. The molecule has 3 amide bonds. The van der Waals surface area contributed by atoms with E-state index < -0.39 is 6.03 Å². The number of hydrogen-bond donors (Lipinski definition) is 2. The van der Waals surface area contributed by atoms with Gasteiger partial charge in [-0.1, -0.05) is 53.2 Å². The Morgan fingerprint density at radius 1 is 1.20 bits per heavy atom. The number of halogens is 1. The average molecular weight is 426 g/mol. The summed E-state index contributed by atoms with van der Waals surface area (Å²) in [6.07, 6.45) is 0.342. The van der Waals surface area contributed by atoms with Crippen LogP contribution in [0.5, 0.6) is 0 Å². The van der Waals surface area contributed by atoms with E-state index in [1.54, 1.807) is 29.2 Å². The smallest absolute Gasteiger partial charge is 0.319 e. The summed E-state index contributed by atoms with van der Waals surface area (Å²) >= 11 is 5.90. The minimum atomic E-state index is -0.415. The van der Waals surface area contributed by atoms with E-state index in [0.717, 1.165) is 5.56 Å². The summed E-state index contributed by atoms with van der Waals surface area (Å²) in [6, 6.07) is 16.3. The molecule has 30 heavy (non-hydrogen) atoms. The fourth-order valence-electron chi connectivity index (χ4n) is 3.30. The van der Waals surface area contributed by atoms with Crippen molar-refractivity contribution in [3.63, 3.8) is 0 Å². The number of hydrogen-bond acceptors (Lipinski definition) is 5. The van der Waals surface area contributed by atoms with Crippen molar-refractivity contribution in [1.29, 1.82) is 0 Å². The number of carbonyl (C=O) groups excluding carboxylic acids is 2. The Balaban J connectivity index is 1.29. The third-order valence-corrected chi connectivity index (χ3v) is 5.00. The Kier molecular flexibility index (Phi) is 5.94. The largest absolute Gasteiger partial charge is 0.338 e. The first-order chi connectivity index (χ1) is 14.6. The summed E-state index contributed by atoms with van der Waals surface area (Å²) in [4.78, 5) is 30.5. The summed E-state index contributed by atoms with van der Waals surface area (Å²) in [5.74, 6) is 0.694. The number of nitrogens with zero attached hydrogens (tertiary/aromatic N) is 3. The standard InChI is InChI=1S/C21H20ClN5O3/c22-16-7-4-8-17(10-16)24-21(29)23-11-18-25-20(26-30-18)15-9-19(28)27(13-15)12-14-5-2-1-3-6-14/h1-8,10,15H,9,11-13H2,(H2,23,24,29)/t15-/m0/s1. The van der Waals surface area contributed by atoms with E-state index in [0.29, 0.717) is 36.0 Å². The van der Waals surface area contributed by atoms with Crippen molar-refractivity contribution >= 4 is 29.2 Å². The third-order valence-electron chi connectivity index (χ3n) is 4.76. The van der Waals surface area contributed by atoms with Crippen LogP contribution in [0, 0.1) is 0 Å². The Bertz CT molecular complexity index is 1040. The van der Waals surface area contributed by atoms with Gasteiger partial charge in [0.1, 0.15) is 0 Å². The van der Waals surface area contributed by atoms with Gasteiger partial charge in [0.2, 0.25) is 11.8 Å². The second-order valence-corrected chi connectivity index (χ2v) is 7.46. The molecule has 2 N–H and O–H groups in total. The number of amides is 3. The molecule has 9 heteroatoms. The lowest BCUT2D eigenvalue weighted by Gasteiger charge is -2.15. The minimum absolute atomic E-state index is 0.0641. The summed E-state index contributed by atoms with van der Waals surface area (Å²) < 4.78 is 5.23. The van der Waals surface area contributed by atoms with E-state index in [9.17, 15) is 9.59 Å². The molecule has 2 heterocycles. The first-order valence-corrected chi connectivity index (χ1v) is 9.89. The van der Waals surface area contributed by atoms with Gasteiger partial charge in [-0.2, -0.15) is 4.98 Å². The van der Waals surface area contributed by atoms with Crippen LogP contribution in [0.3, 0.4) is 0 Å². The first kappa shape index (κ1) is 19.9. The number of rotatable bonds is 6. The highest BCUT2D eigenvalue weighted by Gasteiger charge is 2.33. The van der Waals surface area contributed by atoms with Crippen molar-refractivity contribution in [3.8, 4) is 0 Å². The van der Waals surface area contributed by atoms with Gasteiger partial charge < -0.3 is 20.1 Å². The third kappa shape index (κ3) is 4.96. The highest BCUT2D eigenvalue weighted by molar-refractivity contribution is 6.30. The molecule has 154 valence electrons. The fraction of sp³-hybridized carbons (Fsp3) is 0.238. The van der Waals surface area contributed by atoms with Gasteiger partial charge in [0.05, 0.1) is 6.54 Å². The maximum atomic E-state index is 12.3. The van der Waals surface area contributed by atoms with Crippen molar-refractivity contribution in [2.24, 2.45) is 0 Å². The molecule has 0 bridgehead atoms. The van der Waals surface area contributed by atoms with Gasteiger partial charge in [-0.15, -0.1) is 0 Å². The maximum absolute atomic E-state index is 12.3. The van der Waals surface area contributed by atoms with Crippen molar-refractivity contribution in [2.75, 3.05) is 11.9 Å². The van der Waals surface area contributed by atoms with Crippen LogP contribution >= 0.6 is 11.6 Å². The number of benzene rings is 2. The second-order valence-electron chi connectivity index (χ2n) is 7.03. The number of anilines is 1. The second kappa shape index (κ2) is 8.96. The van der Waals surface area contributed by atoms with E-state index in [-0.39, 0.29) is 24.3 Å². The molecule has 1 aromatic heterocycles. The fourth-order valence-corrected chi connectivity index (χ4v) is 3.50. The van der Waals surface area contributed by atoms with Gasteiger partial charge in [-0.3, -0.25) is 4.79 Å². The van der Waals surface area contributed by atoms with Crippen LogP contribution in [0.2, 0.25) is 5.02 Å². The summed E-state index contributed by atoms with van der Waals surface area (Å²) in [5.41, 5.74) is 1.66. The quantitative estimate of drug-likeness (QED) is 0.628. The monoisotopic (exact) mass is 425 g/mol. The Morgan fingerprint density at radius 3 is 2.83 bits per heavy atom. The topological polar surface area (TPSA) is 100 Å². The van der Waals surface area contributed by atoms with E-state index in [4.69, 9.17) is 16.1 Å². The first-order valence-electron chi connectivity index (χ1n) is 9.51. The van der Waals surface area contributed by atoms with Crippen LogP contribution < -0.4 is 10.6 Å². The number of nitrogens with one attached hydrogen (secondary N) is 2. The van der Waals surface area contributed by atoms with Crippen LogP contribution in [-0.4, -0.2) is 33.5 Å². The molecule has 8 nitrogen and oxygen atoms in total. The van der Waals surface area contributed by atoms with E-state index in [1.807, 2.05) is 30.3 Å². The van der Waals surface area contributed by atoms with Gasteiger partial charge in [0.15, 0.2) is 5.82 Å². The molecule has 0 aliphatic carbocycles. The molecule has 1 atom stereocenters. The lowest BCUT2D eigenvalue weighted by Crippen LogP contribution is -2.28. The molecule has 0 saturated carbocycles. The van der Waals surface area contributed by atoms with E-state index in [2.05, 4.69) is 20.8 Å². The summed E-state index contributed by atoms with van der Waals surface area (Å²) in [5, 5.41) is 9.85. The van der Waals surface area contributed by atoms with Crippen LogP contribution in [0.15, 0.2) is 59.1 Å². The Hall–Kier alpha value is -3.39. The number of likely N-dealkylation sites (tertiary alicyclic amines) is 1. The Morgan fingerprint density at radius 2 is 2.03 bits per heavy atom. The molecular formula is C21H20ClN5O3. The SMILES string of the molecule is O=C(NCc1nc([C@H]2CC(=O)N(Cc3ccccc3)C2)no1)Nc1cccc(Cl)c1. The molecule has 0 radical (unpaired) electrons. The predicted molar refractivity (Wildman–Crippen MR) is 111 cm³/mol. The van der Waals surface area contributed by atoms with Gasteiger partial charge in [0, 0.05) is 36.1 Å². The summed E-state index contributed by atoms with van der Waals surface area (Å²) in [6.45, 7) is 1.18. The normalized spacial score (nSPS) is 16.0. The average Bonchev–Trinajstić information content (AvgIpc) is 3.34. The van der Waals surface area contributed by atoms with Gasteiger partial charge in [-0.05, 0) is 23.8 Å². The van der Waals surface area contributed by atoms with Crippen LogP contribution in [0.1, 0.15) is 29.6 Å². The molecule has 3 aromatic rings. The highest BCUT2D eigenvalue weighted by atomic mass is 35.5. The van der Waals surface area contributed by atoms with Crippen LogP contribution in [0.4, 0.5) is 10.5 Å². The molecule has 0 unspecified atom stereocenters. The Labute approximate surface area is 178 Å². The van der Waals surface area contributed by atoms with Gasteiger partial charge >= 0.3 is 6.03 Å². The van der Waals surface area contributed by atoms with Crippen LogP contribution in [-0.2, 0) is 17.9 Å². The zero-order chi connectivity index (χ0) is 20.9. The van der Waals surface area contributed by atoms with E-state index >= 15 is 0 Å². The number of aromatic nitrogens is 2. The molecule has 1 saturated heterocycles. The molecule has 1 aliphatic heterocycles. The molecular weight excluding hydrogens is 406 g/mol. The van der Waals surface area contributed by atoms with Gasteiger partial charge in [-0.25, -0.2) is 4.79 Å². The number of carbonyl (C=O) groups is 2. The molecule has 1 fully saturated rings. The lowest BCUT2D eigenvalue weighted by atomic mass is 10.1. The van der Waals surface area contributed by atoms with Crippen LogP contribution in [0.25, 0.3) is 0 Å². The van der Waals surface area contributed by atoms with E-state index in [1.165, 1.54) is 0 Å². The predicted octanol–water partition coefficient (Wildman–Crippen LogP) is 3.56. The van der Waals surface area contributed by atoms with Crippen molar-refractivity contribution in [3.05, 3.63) is 76.9 Å². The summed E-state index contributed by atoms with van der Waals surface area (Å²) in [7, 11) is 0. The lowest BCUT2D eigenvalue weighted by molar-refractivity contribution is -0.128.